The van der Waals surface area contributed by atoms with Crippen molar-refractivity contribution in [3.05, 3.63) is 51.2 Å². The number of carbonyl (C=O) groups is 2. The standard InChI is InChI=1S/C18H18ClN3O2S/c19-16-7-4-13(25-16)5-8-17(23)21-14-11-12(18(20)24)3-6-15(14)22-9-1-2-10-22/h3-8,11H,1-2,9-10H2,(H2,20,24)(H,21,23)/b8-5+. The van der Waals surface area contributed by atoms with Crippen molar-refractivity contribution in [2.24, 2.45) is 5.73 Å². The van der Waals surface area contributed by atoms with E-state index in [2.05, 4.69) is 10.2 Å². The molecule has 3 N–H and O–H groups in total. The average Bonchev–Trinajstić information content (AvgIpc) is 3.24. The Morgan fingerprint density at radius 1 is 1.20 bits per heavy atom. The lowest BCUT2D eigenvalue weighted by Gasteiger charge is -2.21. The fourth-order valence-corrected chi connectivity index (χ4v) is 3.74. The average molecular weight is 376 g/mol. The number of hydrogen-bond acceptors (Lipinski definition) is 4. The monoisotopic (exact) mass is 375 g/mol. The van der Waals surface area contributed by atoms with Crippen molar-refractivity contribution < 1.29 is 9.59 Å². The van der Waals surface area contributed by atoms with Crippen LogP contribution in [0.4, 0.5) is 11.4 Å². The second kappa shape index (κ2) is 7.72. The molecule has 3 rings (SSSR count). The lowest BCUT2D eigenvalue weighted by molar-refractivity contribution is -0.111. The lowest BCUT2D eigenvalue weighted by Crippen LogP contribution is -2.21. The molecule has 2 heterocycles. The highest BCUT2D eigenvalue weighted by molar-refractivity contribution is 7.17. The number of benzene rings is 1. The van der Waals surface area contributed by atoms with E-state index in [9.17, 15) is 9.59 Å². The molecule has 1 fully saturated rings. The molecule has 130 valence electrons. The van der Waals surface area contributed by atoms with Crippen molar-refractivity contribution in [1.82, 2.24) is 0 Å². The zero-order valence-electron chi connectivity index (χ0n) is 13.5. The second-order valence-corrected chi connectivity index (χ2v) is 7.50. The number of rotatable bonds is 5. The van der Waals surface area contributed by atoms with Gasteiger partial charge in [0.15, 0.2) is 0 Å². The Labute approximate surface area is 155 Å². The van der Waals surface area contributed by atoms with Crippen molar-refractivity contribution in [3.8, 4) is 0 Å². The van der Waals surface area contributed by atoms with Crippen molar-refractivity contribution in [1.29, 1.82) is 0 Å². The first-order valence-corrected chi connectivity index (χ1v) is 9.15. The molecule has 0 saturated carbocycles. The highest BCUT2D eigenvalue weighted by Gasteiger charge is 2.18. The molecule has 2 amide bonds. The molecular formula is C18H18ClN3O2S. The minimum absolute atomic E-state index is 0.272. The van der Waals surface area contributed by atoms with Gasteiger partial charge in [0.1, 0.15) is 0 Å². The molecule has 0 spiro atoms. The van der Waals surface area contributed by atoms with Crippen LogP contribution in [0.2, 0.25) is 4.34 Å². The highest BCUT2D eigenvalue weighted by Crippen LogP contribution is 2.30. The summed E-state index contributed by atoms with van der Waals surface area (Å²) in [6, 6.07) is 8.79. The molecule has 5 nitrogen and oxygen atoms in total. The van der Waals surface area contributed by atoms with Crippen LogP contribution in [0.1, 0.15) is 28.1 Å². The fraction of sp³-hybridized carbons (Fsp3) is 0.222. The molecule has 0 radical (unpaired) electrons. The third kappa shape index (κ3) is 4.41. The third-order valence-corrected chi connectivity index (χ3v) is 5.18. The van der Waals surface area contributed by atoms with Gasteiger partial charge in [-0.25, -0.2) is 0 Å². The maximum atomic E-state index is 12.3. The van der Waals surface area contributed by atoms with Gasteiger partial charge < -0.3 is 16.0 Å². The predicted octanol–water partition coefficient (Wildman–Crippen LogP) is 3.75. The number of amides is 2. The summed E-state index contributed by atoms with van der Waals surface area (Å²) in [4.78, 5) is 26.8. The van der Waals surface area contributed by atoms with E-state index >= 15 is 0 Å². The van der Waals surface area contributed by atoms with Gasteiger partial charge in [-0.05, 0) is 49.2 Å². The van der Waals surface area contributed by atoms with Crippen molar-refractivity contribution in [2.45, 2.75) is 12.8 Å². The molecule has 0 aliphatic carbocycles. The number of halogens is 1. The Bertz CT molecular complexity index is 825. The van der Waals surface area contributed by atoms with Gasteiger partial charge in [-0.3, -0.25) is 9.59 Å². The van der Waals surface area contributed by atoms with Gasteiger partial charge in [-0.2, -0.15) is 0 Å². The molecule has 1 aromatic carbocycles. The predicted molar refractivity (Wildman–Crippen MR) is 103 cm³/mol. The molecule has 0 bridgehead atoms. The number of nitrogens with one attached hydrogen (secondary N) is 1. The van der Waals surface area contributed by atoms with Gasteiger partial charge >= 0.3 is 0 Å². The maximum Gasteiger partial charge on any atom is 0.248 e. The molecule has 0 unspecified atom stereocenters. The smallest absolute Gasteiger partial charge is 0.248 e. The number of primary amides is 1. The largest absolute Gasteiger partial charge is 0.370 e. The van der Waals surface area contributed by atoms with Crippen LogP contribution >= 0.6 is 22.9 Å². The van der Waals surface area contributed by atoms with E-state index in [0.717, 1.165) is 36.5 Å². The topological polar surface area (TPSA) is 75.4 Å². The zero-order valence-corrected chi connectivity index (χ0v) is 15.1. The number of nitrogens with zero attached hydrogens (tertiary/aromatic N) is 1. The van der Waals surface area contributed by atoms with Gasteiger partial charge in [-0.15, -0.1) is 11.3 Å². The summed E-state index contributed by atoms with van der Waals surface area (Å²) < 4.78 is 0.672. The lowest BCUT2D eigenvalue weighted by atomic mass is 10.1. The van der Waals surface area contributed by atoms with Crippen molar-refractivity contribution in [3.63, 3.8) is 0 Å². The number of anilines is 2. The van der Waals surface area contributed by atoms with E-state index in [1.807, 2.05) is 12.1 Å². The van der Waals surface area contributed by atoms with Gasteiger partial charge in [-0.1, -0.05) is 11.6 Å². The SMILES string of the molecule is NC(=O)c1ccc(N2CCCC2)c(NC(=O)/C=C/c2ccc(Cl)s2)c1. The number of carbonyl (C=O) groups excluding carboxylic acids is 2. The first-order chi connectivity index (χ1) is 12.0. The summed E-state index contributed by atoms with van der Waals surface area (Å²) in [5.74, 6) is -0.793. The summed E-state index contributed by atoms with van der Waals surface area (Å²) >= 11 is 7.28. The first-order valence-electron chi connectivity index (χ1n) is 7.96. The van der Waals surface area contributed by atoms with Crippen LogP contribution in [0.15, 0.2) is 36.4 Å². The molecule has 2 aromatic rings. The van der Waals surface area contributed by atoms with E-state index in [-0.39, 0.29) is 5.91 Å². The van der Waals surface area contributed by atoms with Crippen LogP contribution in [0.25, 0.3) is 6.08 Å². The maximum absolute atomic E-state index is 12.3. The van der Waals surface area contributed by atoms with Crippen molar-refractivity contribution in [2.75, 3.05) is 23.3 Å². The normalized spacial score (nSPS) is 14.2. The van der Waals surface area contributed by atoms with Gasteiger partial charge in [0.2, 0.25) is 11.8 Å². The Morgan fingerprint density at radius 2 is 1.96 bits per heavy atom. The molecule has 25 heavy (non-hydrogen) atoms. The number of nitrogens with two attached hydrogens (primary N) is 1. The first kappa shape index (κ1) is 17.5. The van der Waals surface area contributed by atoms with E-state index < -0.39 is 5.91 Å². The summed E-state index contributed by atoms with van der Waals surface area (Å²) in [5.41, 5.74) is 7.23. The minimum atomic E-state index is -0.521. The number of hydrogen-bond donors (Lipinski definition) is 2. The quantitative estimate of drug-likeness (QED) is 0.781. The summed E-state index contributed by atoms with van der Waals surface area (Å²) in [6.07, 6.45) is 5.39. The molecule has 7 heteroatoms. The van der Waals surface area contributed by atoms with Gasteiger partial charge in [0, 0.05) is 29.6 Å². The molecule has 0 atom stereocenters. The molecule has 1 saturated heterocycles. The molecule has 1 aliphatic rings. The number of thiophene rings is 1. The van der Waals surface area contributed by atoms with Crippen molar-refractivity contribution >= 4 is 52.2 Å². The molecule has 1 aliphatic heterocycles. The second-order valence-electron chi connectivity index (χ2n) is 5.75. The Kier molecular flexibility index (Phi) is 5.40. The summed E-state index contributed by atoms with van der Waals surface area (Å²) in [6.45, 7) is 1.87. The van der Waals surface area contributed by atoms with Gasteiger partial charge in [0.25, 0.3) is 0 Å². The van der Waals surface area contributed by atoms with Crippen LogP contribution in [-0.2, 0) is 4.79 Å². The van der Waals surface area contributed by atoms with E-state index in [0.29, 0.717) is 15.6 Å². The van der Waals surface area contributed by atoms with Gasteiger partial charge in [0.05, 0.1) is 15.7 Å². The third-order valence-electron chi connectivity index (χ3n) is 3.98. The minimum Gasteiger partial charge on any atom is -0.370 e. The summed E-state index contributed by atoms with van der Waals surface area (Å²) in [7, 11) is 0. The zero-order chi connectivity index (χ0) is 17.8. The van der Waals surface area contributed by atoms with Crippen LogP contribution in [-0.4, -0.2) is 24.9 Å². The fourth-order valence-electron chi connectivity index (χ4n) is 2.77. The van der Waals surface area contributed by atoms with Crippen LogP contribution in [0.5, 0.6) is 0 Å². The molecule has 1 aromatic heterocycles. The van der Waals surface area contributed by atoms with E-state index in [4.69, 9.17) is 17.3 Å². The van der Waals surface area contributed by atoms with Crippen LogP contribution in [0.3, 0.4) is 0 Å². The van der Waals surface area contributed by atoms with Crippen LogP contribution in [0, 0.1) is 0 Å². The Balaban J connectivity index is 1.81. The molecular weight excluding hydrogens is 358 g/mol. The Morgan fingerprint density at radius 3 is 2.60 bits per heavy atom. The van der Waals surface area contributed by atoms with E-state index in [1.54, 1.807) is 24.3 Å². The van der Waals surface area contributed by atoms with E-state index in [1.165, 1.54) is 17.4 Å². The Hall–Kier alpha value is -2.31. The van der Waals surface area contributed by atoms with Crippen LogP contribution < -0.4 is 16.0 Å². The highest BCUT2D eigenvalue weighted by atomic mass is 35.5. The summed E-state index contributed by atoms with van der Waals surface area (Å²) in [5, 5.41) is 2.86.